The molecule has 0 bridgehead atoms. The van der Waals surface area contributed by atoms with Gasteiger partial charge in [-0.3, -0.25) is 0 Å². The number of aromatic nitrogens is 3. The second-order valence-electron chi connectivity index (χ2n) is 3.89. The zero-order valence-electron chi connectivity index (χ0n) is 10.9. The van der Waals surface area contributed by atoms with Crippen LogP contribution in [0, 0.1) is 0 Å². The summed E-state index contributed by atoms with van der Waals surface area (Å²) in [6.45, 7) is 9.55. The highest BCUT2D eigenvalue weighted by atomic mass is 16.5. The van der Waals surface area contributed by atoms with Gasteiger partial charge in [0.05, 0.1) is 6.10 Å². The van der Waals surface area contributed by atoms with E-state index in [9.17, 15) is 0 Å². The molecule has 1 heterocycles. The van der Waals surface area contributed by atoms with Crippen LogP contribution in [0.3, 0.4) is 0 Å². The van der Waals surface area contributed by atoms with E-state index in [-0.39, 0.29) is 6.10 Å². The molecule has 1 aromatic rings. The lowest BCUT2D eigenvalue weighted by atomic mass is 10.5. The second kappa shape index (κ2) is 6.88. The van der Waals surface area contributed by atoms with E-state index in [2.05, 4.69) is 32.5 Å². The largest absolute Gasteiger partial charge is 0.461 e. The first kappa shape index (κ1) is 13.5. The fraction of sp³-hybridized carbons (Fsp3) is 0.727. The Hall–Kier alpha value is -1.59. The van der Waals surface area contributed by atoms with Crippen LogP contribution in [0.5, 0.6) is 6.01 Å². The Morgan fingerprint density at radius 2 is 1.71 bits per heavy atom. The molecule has 96 valence electrons. The van der Waals surface area contributed by atoms with Crippen molar-refractivity contribution >= 4 is 11.9 Å². The zero-order valence-corrected chi connectivity index (χ0v) is 10.9. The summed E-state index contributed by atoms with van der Waals surface area (Å²) in [7, 11) is 0. The molecule has 17 heavy (non-hydrogen) atoms. The van der Waals surface area contributed by atoms with E-state index in [1.807, 2.05) is 20.8 Å². The molecule has 0 aliphatic rings. The van der Waals surface area contributed by atoms with Crippen LogP contribution in [0.25, 0.3) is 0 Å². The maximum Gasteiger partial charge on any atom is 0.323 e. The fourth-order valence-corrected chi connectivity index (χ4v) is 1.17. The van der Waals surface area contributed by atoms with Crippen LogP contribution in [0.1, 0.15) is 34.1 Å². The summed E-state index contributed by atoms with van der Waals surface area (Å²) in [5.41, 5.74) is 0. The molecule has 0 amide bonds. The molecular formula is C11H21N5O. The van der Waals surface area contributed by atoms with Crippen molar-refractivity contribution in [1.82, 2.24) is 15.0 Å². The Bertz CT molecular complexity index is 343. The normalized spacial score (nSPS) is 10.4. The standard InChI is InChI=1S/C11H21N5O/c1-5-7-13-10-14-9(12-6-2)15-11(16-10)17-8(3)4/h8H,5-7H2,1-4H3,(H2,12,13,14,15,16). The third-order valence-corrected chi connectivity index (χ3v) is 1.82. The van der Waals surface area contributed by atoms with Gasteiger partial charge in [-0.2, -0.15) is 15.0 Å². The summed E-state index contributed by atoms with van der Waals surface area (Å²) in [5, 5.41) is 6.18. The summed E-state index contributed by atoms with van der Waals surface area (Å²) in [5.74, 6) is 1.09. The lowest BCUT2D eigenvalue weighted by Gasteiger charge is -2.11. The smallest absolute Gasteiger partial charge is 0.323 e. The molecule has 6 nitrogen and oxygen atoms in total. The molecule has 0 aromatic carbocycles. The van der Waals surface area contributed by atoms with Crippen LogP contribution in [-0.4, -0.2) is 34.1 Å². The topological polar surface area (TPSA) is 72.0 Å². The van der Waals surface area contributed by atoms with E-state index in [1.54, 1.807) is 0 Å². The quantitative estimate of drug-likeness (QED) is 0.757. The number of nitrogens with one attached hydrogen (secondary N) is 2. The molecule has 0 saturated carbocycles. The van der Waals surface area contributed by atoms with Crippen LogP contribution in [0.2, 0.25) is 0 Å². The highest BCUT2D eigenvalue weighted by Gasteiger charge is 2.07. The van der Waals surface area contributed by atoms with E-state index in [1.165, 1.54) is 0 Å². The molecule has 0 fully saturated rings. The molecule has 0 aliphatic heterocycles. The molecule has 1 rings (SSSR count). The predicted octanol–water partition coefficient (Wildman–Crippen LogP) is 1.91. The second-order valence-corrected chi connectivity index (χ2v) is 3.89. The minimum Gasteiger partial charge on any atom is -0.461 e. The fourth-order valence-electron chi connectivity index (χ4n) is 1.17. The Morgan fingerprint density at radius 1 is 1.06 bits per heavy atom. The van der Waals surface area contributed by atoms with Gasteiger partial charge in [0, 0.05) is 13.1 Å². The summed E-state index contributed by atoms with van der Waals surface area (Å²) in [6.07, 6.45) is 1.06. The van der Waals surface area contributed by atoms with Gasteiger partial charge >= 0.3 is 6.01 Å². The average Bonchev–Trinajstić information content (AvgIpc) is 2.25. The van der Waals surface area contributed by atoms with Crippen LogP contribution < -0.4 is 15.4 Å². The Kier molecular flexibility index (Phi) is 5.45. The minimum absolute atomic E-state index is 0.0471. The van der Waals surface area contributed by atoms with Gasteiger partial charge < -0.3 is 15.4 Å². The molecule has 0 aliphatic carbocycles. The number of ether oxygens (including phenoxy) is 1. The van der Waals surface area contributed by atoms with E-state index >= 15 is 0 Å². The first-order valence-electron chi connectivity index (χ1n) is 6.06. The van der Waals surface area contributed by atoms with Crippen molar-refractivity contribution in [1.29, 1.82) is 0 Å². The monoisotopic (exact) mass is 239 g/mol. The minimum atomic E-state index is 0.0471. The molecule has 0 radical (unpaired) electrons. The first-order chi connectivity index (χ1) is 8.15. The SMILES string of the molecule is CCCNc1nc(NCC)nc(OC(C)C)n1. The molecule has 0 saturated heterocycles. The Balaban J connectivity index is 2.84. The lowest BCUT2D eigenvalue weighted by molar-refractivity contribution is 0.222. The highest BCUT2D eigenvalue weighted by molar-refractivity contribution is 5.35. The summed E-state index contributed by atoms with van der Waals surface area (Å²) in [6, 6.07) is 0.351. The van der Waals surface area contributed by atoms with Gasteiger partial charge in [0.25, 0.3) is 0 Å². The van der Waals surface area contributed by atoms with Crippen LogP contribution in [0.4, 0.5) is 11.9 Å². The van der Waals surface area contributed by atoms with Gasteiger partial charge in [-0.1, -0.05) is 6.92 Å². The van der Waals surface area contributed by atoms with E-state index in [0.29, 0.717) is 17.9 Å². The van der Waals surface area contributed by atoms with Crippen molar-refractivity contribution in [2.45, 2.75) is 40.2 Å². The molecule has 0 atom stereocenters. The zero-order chi connectivity index (χ0) is 12.7. The van der Waals surface area contributed by atoms with Gasteiger partial charge in [-0.15, -0.1) is 0 Å². The van der Waals surface area contributed by atoms with Crippen molar-refractivity contribution in [2.75, 3.05) is 23.7 Å². The number of nitrogens with zero attached hydrogens (tertiary/aromatic N) is 3. The van der Waals surface area contributed by atoms with Gasteiger partial charge in [0.1, 0.15) is 0 Å². The highest BCUT2D eigenvalue weighted by Crippen LogP contribution is 2.12. The van der Waals surface area contributed by atoms with Crippen LogP contribution in [0.15, 0.2) is 0 Å². The lowest BCUT2D eigenvalue weighted by Crippen LogP contribution is -2.14. The molecule has 0 unspecified atom stereocenters. The molecular weight excluding hydrogens is 218 g/mol. The van der Waals surface area contributed by atoms with Crippen molar-refractivity contribution in [3.05, 3.63) is 0 Å². The average molecular weight is 239 g/mol. The van der Waals surface area contributed by atoms with Gasteiger partial charge in [0.2, 0.25) is 11.9 Å². The van der Waals surface area contributed by atoms with Crippen LogP contribution >= 0.6 is 0 Å². The van der Waals surface area contributed by atoms with Gasteiger partial charge in [0.15, 0.2) is 0 Å². The number of hydrogen-bond acceptors (Lipinski definition) is 6. The maximum absolute atomic E-state index is 5.48. The van der Waals surface area contributed by atoms with Gasteiger partial charge in [-0.25, -0.2) is 0 Å². The first-order valence-corrected chi connectivity index (χ1v) is 6.06. The Morgan fingerprint density at radius 3 is 2.24 bits per heavy atom. The van der Waals surface area contributed by atoms with Crippen LogP contribution in [-0.2, 0) is 0 Å². The third kappa shape index (κ3) is 4.84. The van der Waals surface area contributed by atoms with E-state index < -0.39 is 0 Å². The van der Waals surface area contributed by atoms with E-state index in [0.717, 1.165) is 19.5 Å². The predicted molar refractivity (Wildman–Crippen MR) is 68.5 cm³/mol. The summed E-state index contributed by atoms with van der Waals surface area (Å²) < 4.78 is 5.48. The van der Waals surface area contributed by atoms with E-state index in [4.69, 9.17) is 4.74 Å². The van der Waals surface area contributed by atoms with Crippen molar-refractivity contribution in [2.24, 2.45) is 0 Å². The third-order valence-electron chi connectivity index (χ3n) is 1.82. The number of rotatable bonds is 7. The van der Waals surface area contributed by atoms with Crippen molar-refractivity contribution < 1.29 is 4.74 Å². The molecule has 6 heteroatoms. The molecule has 0 spiro atoms. The Labute approximate surface area is 102 Å². The molecule has 1 aromatic heterocycles. The molecule has 2 N–H and O–H groups in total. The number of anilines is 2. The number of hydrogen-bond donors (Lipinski definition) is 2. The van der Waals surface area contributed by atoms with Crippen molar-refractivity contribution in [3.63, 3.8) is 0 Å². The summed E-state index contributed by atoms with van der Waals surface area (Å²) >= 11 is 0. The van der Waals surface area contributed by atoms with Gasteiger partial charge in [-0.05, 0) is 27.2 Å². The van der Waals surface area contributed by atoms with Crippen molar-refractivity contribution in [3.8, 4) is 6.01 Å². The summed E-state index contributed by atoms with van der Waals surface area (Å²) in [4.78, 5) is 12.6. The maximum atomic E-state index is 5.48.